The average molecular weight is 351 g/mol. The largest absolute Gasteiger partial charge is 0.496 e. The first-order chi connectivity index (χ1) is 9.67. The van der Waals surface area contributed by atoms with E-state index in [1.165, 1.54) is 16.9 Å². The van der Waals surface area contributed by atoms with Crippen molar-refractivity contribution in [3.63, 3.8) is 0 Å². The minimum absolute atomic E-state index is 0.181. The van der Waals surface area contributed by atoms with Crippen LogP contribution in [-0.2, 0) is 19.3 Å². The molecule has 4 heteroatoms. The number of benzene rings is 1. The number of Topliss-reactive ketones (excluding diaryl/α,β-unsaturated/α-hetero) is 1. The summed E-state index contributed by atoms with van der Waals surface area (Å²) >= 11 is 5.11. The molecular weight excluding hydrogens is 336 g/mol. The molecule has 1 heterocycles. The summed E-state index contributed by atoms with van der Waals surface area (Å²) in [6, 6.07) is 7.85. The molecule has 0 spiro atoms. The number of thiophene rings is 1. The van der Waals surface area contributed by atoms with Crippen molar-refractivity contribution in [1.82, 2.24) is 0 Å². The highest BCUT2D eigenvalue weighted by atomic mass is 79.9. The van der Waals surface area contributed by atoms with E-state index in [1.807, 2.05) is 18.2 Å². The maximum atomic E-state index is 12.4. The SMILES string of the molecule is COc1ccc(Br)cc1CC(=O)c1cc2c(s1)CCC2. The highest BCUT2D eigenvalue weighted by Crippen LogP contribution is 2.32. The van der Waals surface area contributed by atoms with Crippen LogP contribution in [0, 0.1) is 0 Å². The van der Waals surface area contributed by atoms with Gasteiger partial charge < -0.3 is 4.74 Å². The van der Waals surface area contributed by atoms with Crippen molar-refractivity contribution in [3.8, 4) is 5.75 Å². The van der Waals surface area contributed by atoms with Crippen LogP contribution in [0.1, 0.15) is 32.1 Å². The summed E-state index contributed by atoms with van der Waals surface area (Å²) in [7, 11) is 1.64. The lowest BCUT2D eigenvalue weighted by Gasteiger charge is -2.07. The first-order valence-electron chi connectivity index (χ1n) is 6.64. The highest BCUT2D eigenvalue weighted by Gasteiger charge is 2.19. The van der Waals surface area contributed by atoms with Crippen LogP contribution in [0.2, 0.25) is 0 Å². The van der Waals surface area contributed by atoms with Gasteiger partial charge in [-0.15, -0.1) is 11.3 Å². The minimum Gasteiger partial charge on any atom is -0.496 e. The average Bonchev–Trinajstić information content (AvgIpc) is 2.99. The maximum Gasteiger partial charge on any atom is 0.177 e. The van der Waals surface area contributed by atoms with Crippen LogP contribution in [0.15, 0.2) is 28.7 Å². The Morgan fingerprint density at radius 1 is 1.35 bits per heavy atom. The molecule has 104 valence electrons. The summed E-state index contributed by atoms with van der Waals surface area (Å²) < 4.78 is 6.30. The Bertz CT molecular complexity index is 639. The van der Waals surface area contributed by atoms with Crippen LogP contribution in [0.5, 0.6) is 5.75 Å². The quantitative estimate of drug-likeness (QED) is 0.762. The number of aryl methyl sites for hydroxylation is 2. The number of ether oxygens (including phenoxy) is 1. The van der Waals surface area contributed by atoms with Crippen molar-refractivity contribution >= 4 is 33.0 Å². The van der Waals surface area contributed by atoms with Gasteiger partial charge in [0.2, 0.25) is 0 Å². The van der Waals surface area contributed by atoms with E-state index in [0.29, 0.717) is 6.42 Å². The second-order valence-electron chi connectivity index (χ2n) is 4.97. The van der Waals surface area contributed by atoms with Gasteiger partial charge in [0.25, 0.3) is 0 Å². The molecule has 2 aromatic rings. The second-order valence-corrected chi connectivity index (χ2v) is 7.02. The fraction of sp³-hybridized carbons (Fsp3) is 0.312. The molecule has 1 aromatic heterocycles. The first-order valence-corrected chi connectivity index (χ1v) is 8.25. The molecule has 0 unspecified atom stereocenters. The predicted octanol–water partition coefficient (Wildman–Crippen LogP) is 4.43. The molecule has 2 nitrogen and oxygen atoms in total. The summed E-state index contributed by atoms with van der Waals surface area (Å²) in [5.41, 5.74) is 2.31. The van der Waals surface area contributed by atoms with Gasteiger partial charge in [-0.2, -0.15) is 0 Å². The number of hydrogen-bond acceptors (Lipinski definition) is 3. The zero-order valence-electron chi connectivity index (χ0n) is 11.2. The monoisotopic (exact) mass is 350 g/mol. The summed E-state index contributed by atoms with van der Waals surface area (Å²) in [6.07, 6.45) is 3.88. The number of carbonyl (C=O) groups excluding carboxylic acids is 1. The lowest BCUT2D eigenvalue weighted by atomic mass is 10.1. The normalized spacial score (nSPS) is 13.3. The molecule has 1 aliphatic carbocycles. The zero-order valence-corrected chi connectivity index (χ0v) is 13.6. The van der Waals surface area contributed by atoms with E-state index in [1.54, 1.807) is 18.4 Å². The molecule has 0 bridgehead atoms. The molecule has 0 aliphatic heterocycles. The van der Waals surface area contributed by atoms with E-state index in [0.717, 1.165) is 33.5 Å². The van der Waals surface area contributed by atoms with Gasteiger partial charge in [0.05, 0.1) is 12.0 Å². The first kappa shape index (κ1) is 13.8. The number of methoxy groups -OCH3 is 1. The number of halogens is 1. The Morgan fingerprint density at radius 3 is 2.95 bits per heavy atom. The van der Waals surface area contributed by atoms with Crippen LogP contribution < -0.4 is 4.74 Å². The number of hydrogen-bond donors (Lipinski definition) is 0. The molecule has 20 heavy (non-hydrogen) atoms. The van der Waals surface area contributed by atoms with E-state index in [-0.39, 0.29) is 5.78 Å². The van der Waals surface area contributed by atoms with E-state index >= 15 is 0 Å². The van der Waals surface area contributed by atoms with Crippen molar-refractivity contribution in [3.05, 3.63) is 49.6 Å². The van der Waals surface area contributed by atoms with Gasteiger partial charge >= 0.3 is 0 Å². The van der Waals surface area contributed by atoms with Crippen LogP contribution >= 0.6 is 27.3 Å². The molecular formula is C16H15BrO2S. The number of fused-ring (bicyclic) bond motifs is 1. The van der Waals surface area contributed by atoms with Gasteiger partial charge in [-0.05, 0) is 49.1 Å². The summed E-state index contributed by atoms with van der Waals surface area (Å²) in [5, 5.41) is 0. The predicted molar refractivity (Wildman–Crippen MR) is 85.1 cm³/mol. The Morgan fingerprint density at radius 2 is 2.20 bits per heavy atom. The Balaban J connectivity index is 1.83. The van der Waals surface area contributed by atoms with E-state index in [2.05, 4.69) is 22.0 Å². The standard InChI is InChI=1S/C16H15BrO2S/c1-19-14-6-5-12(17)7-11(14)8-13(18)16-9-10-3-2-4-15(10)20-16/h5-7,9H,2-4,8H2,1H3. The van der Waals surface area contributed by atoms with Crippen LogP contribution in [0.4, 0.5) is 0 Å². The number of carbonyl (C=O) groups is 1. The van der Waals surface area contributed by atoms with Gasteiger partial charge in [0.1, 0.15) is 5.75 Å². The van der Waals surface area contributed by atoms with Crippen molar-refractivity contribution < 1.29 is 9.53 Å². The topological polar surface area (TPSA) is 26.3 Å². The van der Waals surface area contributed by atoms with Crippen molar-refractivity contribution in [2.45, 2.75) is 25.7 Å². The fourth-order valence-electron chi connectivity index (χ4n) is 2.61. The second kappa shape index (κ2) is 5.70. The molecule has 0 fully saturated rings. The molecule has 0 saturated heterocycles. The van der Waals surface area contributed by atoms with Gasteiger partial charge in [-0.1, -0.05) is 15.9 Å². The maximum absolute atomic E-state index is 12.4. The lowest BCUT2D eigenvalue weighted by Crippen LogP contribution is -2.03. The Kier molecular flexibility index (Phi) is 3.94. The third-order valence-corrected chi connectivity index (χ3v) is 5.39. The number of rotatable bonds is 4. The number of ketones is 1. The van der Waals surface area contributed by atoms with Gasteiger partial charge in [-0.3, -0.25) is 4.79 Å². The van der Waals surface area contributed by atoms with Crippen LogP contribution in [0.25, 0.3) is 0 Å². The van der Waals surface area contributed by atoms with Crippen LogP contribution in [-0.4, -0.2) is 12.9 Å². The Hall–Kier alpha value is -1.13. The van der Waals surface area contributed by atoms with Gasteiger partial charge in [-0.25, -0.2) is 0 Å². The van der Waals surface area contributed by atoms with E-state index < -0.39 is 0 Å². The van der Waals surface area contributed by atoms with Gasteiger partial charge in [0.15, 0.2) is 5.78 Å². The lowest BCUT2D eigenvalue weighted by molar-refractivity contribution is 0.0996. The molecule has 0 saturated carbocycles. The zero-order chi connectivity index (χ0) is 14.1. The molecule has 1 aliphatic rings. The van der Waals surface area contributed by atoms with E-state index in [9.17, 15) is 4.79 Å². The van der Waals surface area contributed by atoms with Crippen molar-refractivity contribution in [2.75, 3.05) is 7.11 Å². The van der Waals surface area contributed by atoms with Crippen molar-refractivity contribution in [1.29, 1.82) is 0 Å². The minimum atomic E-state index is 0.181. The molecule has 0 N–H and O–H groups in total. The molecule has 0 atom stereocenters. The Labute approximate surface area is 130 Å². The van der Waals surface area contributed by atoms with E-state index in [4.69, 9.17) is 4.74 Å². The third kappa shape index (κ3) is 2.67. The molecule has 3 rings (SSSR count). The summed E-state index contributed by atoms with van der Waals surface area (Å²) in [6.45, 7) is 0. The van der Waals surface area contributed by atoms with Crippen LogP contribution in [0.3, 0.4) is 0 Å². The smallest absolute Gasteiger partial charge is 0.177 e. The molecule has 0 radical (unpaired) electrons. The third-order valence-electron chi connectivity index (χ3n) is 3.61. The summed E-state index contributed by atoms with van der Waals surface area (Å²) in [5.74, 6) is 0.950. The molecule has 0 amide bonds. The highest BCUT2D eigenvalue weighted by molar-refractivity contribution is 9.10. The fourth-order valence-corrected chi connectivity index (χ4v) is 4.21. The van der Waals surface area contributed by atoms with Gasteiger partial charge in [0, 0.05) is 21.3 Å². The molecule has 1 aromatic carbocycles. The van der Waals surface area contributed by atoms with Crippen molar-refractivity contribution in [2.24, 2.45) is 0 Å². The summed E-state index contributed by atoms with van der Waals surface area (Å²) in [4.78, 5) is 14.7.